The van der Waals surface area contributed by atoms with E-state index in [1.165, 1.54) is 32.4 Å². The summed E-state index contributed by atoms with van der Waals surface area (Å²) in [6, 6.07) is 0.849. The zero-order chi connectivity index (χ0) is 12.2. The number of likely N-dealkylation sites (N-methyl/N-ethyl adjacent to an activating group) is 1. The van der Waals surface area contributed by atoms with Crippen LogP contribution in [0.5, 0.6) is 0 Å². The highest BCUT2D eigenvalue weighted by Crippen LogP contribution is 2.27. The molecule has 16 heavy (non-hydrogen) atoms. The van der Waals surface area contributed by atoms with Gasteiger partial charge in [0.15, 0.2) is 0 Å². The van der Waals surface area contributed by atoms with Crippen LogP contribution in [0, 0.1) is 11.3 Å². The highest BCUT2D eigenvalue weighted by molar-refractivity contribution is 4.81. The normalized spacial score (nSPS) is 19.1. The average molecular weight is 226 g/mol. The quantitative estimate of drug-likeness (QED) is 0.718. The molecule has 1 N–H and O–H groups in total. The molecule has 2 heteroatoms. The predicted molar refractivity (Wildman–Crippen MR) is 71.8 cm³/mol. The van der Waals surface area contributed by atoms with Crippen LogP contribution in [0.2, 0.25) is 0 Å². The van der Waals surface area contributed by atoms with Crippen molar-refractivity contribution < 1.29 is 0 Å². The molecular weight excluding hydrogens is 196 g/mol. The predicted octanol–water partition coefficient (Wildman–Crippen LogP) is 2.74. The molecule has 0 heterocycles. The fraction of sp³-hybridized carbons (Fsp3) is 1.00. The molecule has 0 aliphatic heterocycles. The summed E-state index contributed by atoms with van der Waals surface area (Å²) in [6.07, 6.45) is 4.10. The summed E-state index contributed by atoms with van der Waals surface area (Å²) < 4.78 is 0. The van der Waals surface area contributed by atoms with Gasteiger partial charge in [-0.3, -0.25) is 0 Å². The van der Waals surface area contributed by atoms with Crippen molar-refractivity contribution in [3.63, 3.8) is 0 Å². The van der Waals surface area contributed by atoms with Crippen LogP contribution in [-0.2, 0) is 0 Å². The maximum absolute atomic E-state index is 3.56. The van der Waals surface area contributed by atoms with Crippen molar-refractivity contribution in [2.75, 3.05) is 26.7 Å². The Bertz CT molecular complexity index is 191. The number of hydrogen-bond acceptors (Lipinski definition) is 2. The Labute approximate surface area is 102 Å². The van der Waals surface area contributed by atoms with Crippen molar-refractivity contribution in [2.45, 2.75) is 53.0 Å². The maximum Gasteiger partial charge on any atom is 0.0104 e. The van der Waals surface area contributed by atoms with E-state index in [9.17, 15) is 0 Å². The largest absolute Gasteiger partial charge is 0.313 e. The van der Waals surface area contributed by atoms with Gasteiger partial charge in [0.05, 0.1) is 0 Å². The first-order valence-corrected chi connectivity index (χ1v) is 6.81. The first-order chi connectivity index (χ1) is 7.39. The Morgan fingerprint density at radius 1 is 1.25 bits per heavy atom. The molecule has 0 bridgehead atoms. The Hall–Kier alpha value is -0.0800. The van der Waals surface area contributed by atoms with Crippen LogP contribution in [-0.4, -0.2) is 37.6 Å². The van der Waals surface area contributed by atoms with E-state index < -0.39 is 0 Å². The third-order valence-electron chi connectivity index (χ3n) is 3.93. The summed E-state index contributed by atoms with van der Waals surface area (Å²) in [4.78, 5) is 2.46. The van der Waals surface area contributed by atoms with E-state index in [0.717, 1.165) is 18.5 Å². The molecule has 0 aromatic rings. The molecule has 1 aliphatic rings. The van der Waals surface area contributed by atoms with E-state index >= 15 is 0 Å². The van der Waals surface area contributed by atoms with Gasteiger partial charge in [0, 0.05) is 19.1 Å². The van der Waals surface area contributed by atoms with Crippen molar-refractivity contribution in [1.82, 2.24) is 10.2 Å². The van der Waals surface area contributed by atoms with E-state index in [4.69, 9.17) is 0 Å². The van der Waals surface area contributed by atoms with Crippen LogP contribution >= 0.6 is 0 Å². The third-order valence-corrected chi connectivity index (χ3v) is 3.93. The number of hydrogen-bond donors (Lipinski definition) is 1. The SMILES string of the molecule is CC(CCN(C)CCNC1CC1)C(C)(C)C. The summed E-state index contributed by atoms with van der Waals surface area (Å²) in [6.45, 7) is 13.0. The minimum Gasteiger partial charge on any atom is -0.313 e. The standard InChI is InChI=1S/C14H30N2/c1-12(14(2,3)4)8-10-16(5)11-9-15-13-6-7-13/h12-13,15H,6-11H2,1-5H3. The molecule has 0 saturated heterocycles. The molecular formula is C14H30N2. The molecule has 1 fully saturated rings. The van der Waals surface area contributed by atoms with Gasteiger partial charge in [-0.1, -0.05) is 27.7 Å². The Kier molecular flexibility index (Phi) is 5.26. The van der Waals surface area contributed by atoms with Crippen LogP contribution in [0.3, 0.4) is 0 Å². The van der Waals surface area contributed by atoms with E-state index in [0.29, 0.717) is 5.41 Å². The van der Waals surface area contributed by atoms with Crippen molar-refractivity contribution in [3.8, 4) is 0 Å². The molecule has 0 radical (unpaired) electrons. The lowest BCUT2D eigenvalue weighted by molar-refractivity contribution is 0.212. The lowest BCUT2D eigenvalue weighted by Crippen LogP contribution is -2.32. The van der Waals surface area contributed by atoms with Gasteiger partial charge in [-0.2, -0.15) is 0 Å². The Morgan fingerprint density at radius 2 is 1.88 bits per heavy atom. The monoisotopic (exact) mass is 226 g/mol. The first kappa shape index (κ1) is 14.0. The fourth-order valence-electron chi connectivity index (χ4n) is 1.71. The number of rotatable bonds is 7. The first-order valence-electron chi connectivity index (χ1n) is 6.81. The molecule has 1 aliphatic carbocycles. The molecule has 2 nitrogen and oxygen atoms in total. The summed E-state index contributed by atoms with van der Waals surface area (Å²) in [5, 5.41) is 3.56. The van der Waals surface area contributed by atoms with E-state index in [-0.39, 0.29) is 0 Å². The molecule has 1 rings (SSSR count). The smallest absolute Gasteiger partial charge is 0.0104 e. The van der Waals surface area contributed by atoms with Crippen LogP contribution in [0.1, 0.15) is 47.0 Å². The van der Waals surface area contributed by atoms with E-state index in [1.807, 2.05) is 0 Å². The van der Waals surface area contributed by atoms with Gasteiger partial charge in [-0.05, 0) is 44.2 Å². The van der Waals surface area contributed by atoms with Gasteiger partial charge in [-0.15, -0.1) is 0 Å². The number of nitrogens with zero attached hydrogens (tertiary/aromatic N) is 1. The highest BCUT2D eigenvalue weighted by Gasteiger charge is 2.21. The second-order valence-electron chi connectivity index (χ2n) is 6.59. The summed E-state index contributed by atoms with van der Waals surface area (Å²) in [7, 11) is 2.24. The third kappa shape index (κ3) is 5.86. The zero-order valence-electron chi connectivity index (χ0n) is 11.8. The molecule has 1 atom stereocenters. The molecule has 1 unspecified atom stereocenters. The topological polar surface area (TPSA) is 15.3 Å². The zero-order valence-corrected chi connectivity index (χ0v) is 11.8. The van der Waals surface area contributed by atoms with Gasteiger partial charge in [0.25, 0.3) is 0 Å². The lowest BCUT2D eigenvalue weighted by atomic mass is 9.80. The van der Waals surface area contributed by atoms with Gasteiger partial charge in [0.2, 0.25) is 0 Å². The van der Waals surface area contributed by atoms with Gasteiger partial charge in [-0.25, -0.2) is 0 Å². The van der Waals surface area contributed by atoms with Gasteiger partial charge >= 0.3 is 0 Å². The van der Waals surface area contributed by atoms with Crippen LogP contribution in [0.25, 0.3) is 0 Å². The average Bonchev–Trinajstić information content (AvgIpc) is 2.96. The second kappa shape index (κ2) is 6.02. The van der Waals surface area contributed by atoms with Gasteiger partial charge in [0.1, 0.15) is 0 Å². The molecule has 0 aromatic heterocycles. The maximum atomic E-state index is 3.56. The summed E-state index contributed by atoms with van der Waals surface area (Å²) >= 11 is 0. The van der Waals surface area contributed by atoms with Crippen molar-refractivity contribution in [1.29, 1.82) is 0 Å². The molecule has 1 saturated carbocycles. The highest BCUT2D eigenvalue weighted by atomic mass is 15.1. The van der Waals surface area contributed by atoms with Crippen molar-refractivity contribution >= 4 is 0 Å². The molecule has 0 spiro atoms. The van der Waals surface area contributed by atoms with Crippen LogP contribution in [0.15, 0.2) is 0 Å². The van der Waals surface area contributed by atoms with Crippen LogP contribution in [0.4, 0.5) is 0 Å². The Balaban J connectivity index is 2.02. The number of nitrogens with one attached hydrogen (secondary N) is 1. The second-order valence-corrected chi connectivity index (χ2v) is 6.59. The minimum atomic E-state index is 0.451. The summed E-state index contributed by atoms with van der Waals surface area (Å²) in [5.74, 6) is 0.798. The lowest BCUT2D eigenvalue weighted by Gasteiger charge is -2.29. The fourth-order valence-corrected chi connectivity index (χ4v) is 1.71. The molecule has 0 amide bonds. The van der Waals surface area contributed by atoms with Gasteiger partial charge < -0.3 is 10.2 Å². The van der Waals surface area contributed by atoms with E-state index in [1.54, 1.807) is 0 Å². The molecule has 0 aromatic carbocycles. The van der Waals surface area contributed by atoms with E-state index in [2.05, 4.69) is 45.0 Å². The molecule has 96 valence electrons. The minimum absolute atomic E-state index is 0.451. The summed E-state index contributed by atoms with van der Waals surface area (Å²) in [5.41, 5.74) is 0.451. The Morgan fingerprint density at radius 3 is 2.38 bits per heavy atom. The van der Waals surface area contributed by atoms with Crippen LogP contribution < -0.4 is 5.32 Å². The van der Waals surface area contributed by atoms with Crippen molar-refractivity contribution in [3.05, 3.63) is 0 Å². The van der Waals surface area contributed by atoms with Crippen molar-refractivity contribution in [2.24, 2.45) is 11.3 Å².